The molecule has 1 saturated heterocycles. The molecule has 1 aromatic heterocycles. The maximum atomic E-state index is 4.32. The average Bonchev–Trinajstić information content (AvgIpc) is 3.15. The summed E-state index contributed by atoms with van der Waals surface area (Å²) in [5.74, 6) is 2.39. The van der Waals surface area contributed by atoms with Crippen molar-refractivity contribution in [3.8, 4) is 0 Å². The molecule has 116 valence electrons. The molecule has 1 saturated carbocycles. The van der Waals surface area contributed by atoms with E-state index < -0.39 is 0 Å². The van der Waals surface area contributed by atoms with Gasteiger partial charge in [0.15, 0.2) is 11.8 Å². The maximum absolute atomic E-state index is 4.32. The van der Waals surface area contributed by atoms with Gasteiger partial charge in [0, 0.05) is 39.3 Å². The van der Waals surface area contributed by atoms with E-state index in [0.29, 0.717) is 18.5 Å². The summed E-state index contributed by atoms with van der Waals surface area (Å²) in [6.07, 6.45) is 4.46. The lowest BCUT2D eigenvalue weighted by atomic mass is 10.1. The largest absolute Gasteiger partial charge is 0.352 e. The molecule has 2 atom stereocenters. The molecule has 0 spiro atoms. The molecule has 0 amide bonds. The molecule has 2 fully saturated rings. The Hall–Kier alpha value is -1.63. The van der Waals surface area contributed by atoms with Crippen molar-refractivity contribution >= 4 is 5.96 Å². The van der Waals surface area contributed by atoms with Crippen molar-refractivity contribution < 1.29 is 0 Å². The number of aromatic nitrogens is 3. The minimum Gasteiger partial charge on any atom is -0.352 e. The van der Waals surface area contributed by atoms with Crippen LogP contribution in [0, 0.1) is 5.92 Å². The van der Waals surface area contributed by atoms with Crippen LogP contribution in [0.4, 0.5) is 0 Å². The normalized spacial score (nSPS) is 27.1. The molecular formula is C14H25N7. The van der Waals surface area contributed by atoms with E-state index in [4.69, 9.17) is 0 Å². The number of rotatable bonds is 4. The van der Waals surface area contributed by atoms with Crippen molar-refractivity contribution in [1.29, 1.82) is 0 Å². The topological polar surface area (TPSA) is 70.4 Å². The molecule has 2 aliphatic rings. The number of nitrogens with one attached hydrogen (secondary N) is 2. The van der Waals surface area contributed by atoms with Gasteiger partial charge in [0.2, 0.25) is 0 Å². The third-order valence-electron chi connectivity index (χ3n) is 4.47. The number of hydrogen-bond donors (Lipinski definition) is 2. The zero-order chi connectivity index (χ0) is 14.8. The Balaban J connectivity index is 1.51. The summed E-state index contributed by atoms with van der Waals surface area (Å²) in [6, 6.07) is 1.31. The summed E-state index contributed by atoms with van der Waals surface area (Å²) in [4.78, 5) is 6.93. The number of hydrogen-bond acceptors (Lipinski definition) is 4. The number of aliphatic imine (C=N–C) groups is 1. The van der Waals surface area contributed by atoms with Gasteiger partial charge in [-0.25, -0.2) is 0 Å². The third kappa shape index (κ3) is 3.34. The molecule has 7 nitrogen and oxygen atoms in total. The lowest BCUT2D eigenvalue weighted by Gasteiger charge is -2.20. The molecule has 0 aromatic carbocycles. The molecule has 2 heterocycles. The highest BCUT2D eigenvalue weighted by Crippen LogP contribution is 2.31. The first-order valence-electron chi connectivity index (χ1n) is 7.71. The van der Waals surface area contributed by atoms with Crippen LogP contribution in [0.1, 0.15) is 25.6 Å². The van der Waals surface area contributed by atoms with Crippen LogP contribution in [-0.4, -0.2) is 57.8 Å². The second-order valence-corrected chi connectivity index (χ2v) is 6.20. The molecule has 1 aliphatic heterocycles. The number of nitrogens with zero attached hydrogens (tertiary/aromatic N) is 5. The van der Waals surface area contributed by atoms with Crippen molar-refractivity contribution in [2.24, 2.45) is 18.0 Å². The third-order valence-corrected chi connectivity index (χ3v) is 4.47. The minimum atomic E-state index is 0.469. The second kappa shape index (κ2) is 6.01. The van der Waals surface area contributed by atoms with Gasteiger partial charge in [0.25, 0.3) is 0 Å². The molecule has 3 rings (SSSR count). The lowest BCUT2D eigenvalue weighted by Crippen LogP contribution is -2.46. The second-order valence-electron chi connectivity index (χ2n) is 6.20. The Morgan fingerprint density at radius 1 is 1.43 bits per heavy atom. The quantitative estimate of drug-likeness (QED) is 0.602. The van der Waals surface area contributed by atoms with Gasteiger partial charge in [-0.05, 0) is 18.8 Å². The van der Waals surface area contributed by atoms with Gasteiger partial charge >= 0.3 is 0 Å². The Morgan fingerprint density at radius 2 is 2.24 bits per heavy atom. The number of likely N-dealkylation sites (tertiary alicyclic amines) is 1. The summed E-state index contributed by atoms with van der Waals surface area (Å²) in [5, 5.41) is 14.8. The Labute approximate surface area is 125 Å². The van der Waals surface area contributed by atoms with Gasteiger partial charge in [-0.2, -0.15) is 0 Å². The van der Waals surface area contributed by atoms with Crippen LogP contribution in [0.3, 0.4) is 0 Å². The fourth-order valence-corrected chi connectivity index (χ4v) is 2.93. The van der Waals surface area contributed by atoms with Crippen LogP contribution >= 0.6 is 0 Å². The Morgan fingerprint density at radius 3 is 2.86 bits per heavy atom. The van der Waals surface area contributed by atoms with E-state index in [1.54, 1.807) is 6.33 Å². The summed E-state index contributed by atoms with van der Waals surface area (Å²) in [6.45, 7) is 5.26. The molecular weight excluding hydrogens is 266 g/mol. The monoisotopic (exact) mass is 291 g/mol. The van der Waals surface area contributed by atoms with E-state index >= 15 is 0 Å². The van der Waals surface area contributed by atoms with Crippen molar-refractivity contribution in [1.82, 2.24) is 30.3 Å². The number of aryl methyl sites for hydroxylation is 1. The van der Waals surface area contributed by atoms with E-state index in [-0.39, 0.29) is 0 Å². The van der Waals surface area contributed by atoms with E-state index in [2.05, 4.69) is 37.6 Å². The molecule has 0 bridgehead atoms. The van der Waals surface area contributed by atoms with Gasteiger partial charge in [-0.15, -0.1) is 10.2 Å². The van der Waals surface area contributed by atoms with E-state index in [9.17, 15) is 0 Å². The van der Waals surface area contributed by atoms with Crippen LogP contribution in [0.15, 0.2) is 11.3 Å². The highest BCUT2D eigenvalue weighted by atomic mass is 15.3. The van der Waals surface area contributed by atoms with Crippen LogP contribution in [0.2, 0.25) is 0 Å². The first kappa shape index (κ1) is 14.3. The zero-order valence-electron chi connectivity index (χ0n) is 13.1. The summed E-state index contributed by atoms with van der Waals surface area (Å²) in [7, 11) is 3.75. The number of guanidine groups is 1. The van der Waals surface area contributed by atoms with Crippen molar-refractivity contribution in [3.63, 3.8) is 0 Å². The highest BCUT2D eigenvalue weighted by molar-refractivity contribution is 5.80. The first-order valence-corrected chi connectivity index (χ1v) is 7.71. The fourth-order valence-electron chi connectivity index (χ4n) is 2.93. The van der Waals surface area contributed by atoms with Crippen LogP contribution in [-0.2, 0) is 13.6 Å². The fraction of sp³-hybridized carbons (Fsp3) is 0.786. The maximum Gasteiger partial charge on any atom is 0.191 e. The molecule has 0 radical (unpaired) electrons. The van der Waals surface area contributed by atoms with Gasteiger partial charge in [-0.3, -0.25) is 9.89 Å². The standard InChI is InChI=1S/C14H25N7/c1-10-7-21(11-4-5-11)8-12(10)18-14(15-2)16-6-13-19-17-9-20(13)3/h9-12H,4-8H2,1-3H3,(H2,15,16,18). The molecule has 2 unspecified atom stereocenters. The molecule has 1 aliphatic carbocycles. The molecule has 2 N–H and O–H groups in total. The summed E-state index contributed by atoms with van der Waals surface area (Å²) < 4.78 is 1.91. The smallest absolute Gasteiger partial charge is 0.191 e. The van der Waals surface area contributed by atoms with Gasteiger partial charge in [0.05, 0.1) is 6.54 Å². The van der Waals surface area contributed by atoms with Crippen LogP contribution in [0.25, 0.3) is 0 Å². The van der Waals surface area contributed by atoms with Crippen molar-refractivity contribution in [2.75, 3.05) is 20.1 Å². The van der Waals surface area contributed by atoms with Crippen molar-refractivity contribution in [3.05, 3.63) is 12.2 Å². The SMILES string of the molecule is CN=C(NCc1nncn1C)NC1CN(C2CC2)CC1C. The van der Waals surface area contributed by atoms with E-state index in [0.717, 1.165) is 24.4 Å². The predicted molar refractivity (Wildman–Crippen MR) is 81.9 cm³/mol. The highest BCUT2D eigenvalue weighted by Gasteiger charge is 2.38. The van der Waals surface area contributed by atoms with Crippen LogP contribution in [0.5, 0.6) is 0 Å². The van der Waals surface area contributed by atoms with E-state index in [1.807, 2.05) is 18.7 Å². The molecule has 21 heavy (non-hydrogen) atoms. The Bertz CT molecular complexity index is 505. The minimum absolute atomic E-state index is 0.469. The predicted octanol–water partition coefficient (Wildman–Crippen LogP) is -0.0372. The summed E-state index contributed by atoms with van der Waals surface area (Å²) in [5.41, 5.74) is 0. The average molecular weight is 291 g/mol. The zero-order valence-corrected chi connectivity index (χ0v) is 13.1. The van der Waals surface area contributed by atoms with Gasteiger partial charge in [-0.1, -0.05) is 6.92 Å². The summed E-state index contributed by atoms with van der Waals surface area (Å²) >= 11 is 0. The first-order chi connectivity index (χ1) is 10.2. The van der Waals surface area contributed by atoms with Crippen LogP contribution < -0.4 is 10.6 Å². The van der Waals surface area contributed by atoms with E-state index in [1.165, 1.54) is 19.4 Å². The molecule has 7 heteroatoms. The van der Waals surface area contributed by atoms with Crippen molar-refractivity contribution in [2.45, 2.75) is 38.4 Å². The lowest BCUT2D eigenvalue weighted by molar-refractivity contribution is 0.315. The molecule has 1 aromatic rings. The van der Waals surface area contributed by atoms with Gasteiger partial charge in [0.1, 0.15) is 6.33 Å². The Kier molecular flexibility index (Phi) is 4.10. The van der Waals surface area contributed by atoms with Gasteiger partial charge < -0.3 is 15.2 Å².